The van der Waals surface area contributed by atoms with Crippen LogP contribution in [0.3, 0.4) is 0 Å². The van der Waals surface area contributed by atoms with Gasteiger partial charge in [0.2, 0.25) is 0 Å². The molecule has 0 aromatic heterocycles. The molecule has 0 spiro atoms. The zero-order chi connectivity index (χ0) is 15.0. The maximum absolute atomic E-state index is 3.41. The van der Waals surface area contributed by atoms with Crippen molar-refractivity contribution in [3.63, 3.8) is 0 Å². The van der Waals surface area contributed by atoms with Gasteiger partial charge in [0.1, 0.15) is 0 Å². The Balaban J connectivity index is 1.57. The number of benzene rings is 3. The lowest BCUT2D eigenvalue weighted by atomic mass is 10.1. The van der Waals surface area contributed by atoms with Crippen LogP contribution in [0.2, 0.25) is 0 Å². The van der Waals surface area contributed by atoms with Crippen molar-refractivity contribution in [2.24, 2.45) is 0 Å². The van der Waals surface area contributed by atoms with Crippen molar-refractivity contribution < 1.29 is 0 Å². The van der Waals surface area contributed by atoms with E-state index in [1.807, 2.05) is 12.1 Å². The average molecular weight is 285 g/mol. The van der Waals surface area contributed by atoms with Gasteiger partial charge in [0.05, 0.1) is 0 Å². The Morgan fingerprint density at radius 3 is 1.91 bits per heavy atom. The van der Waals surface area contributed by atoms with Crippen molar-refractivity contribution in [3.8, 4) is 11.1 Å². The molecule has 0 aliphatic rings. The Bertz CT molecular complexity index is 713. The van der Waals surface area contributed by atoms with Crippen molar-refractivity contribution in [1.82, 2.24) is 0 Å². The van der Waals surface area contributed by atoms with Gasteiger partial charge in [0.25, 0.3) is 0 Å². The van der Waals surface area contributed by atoms with E-state index in [4.69, 9.17) is 0 Å². The smallest absolute Gasteiger partial charge is 0.0343 e. The molecule has 0 heterocycles. The molecule has 0 unspecified atom stereocenters. The standard InChI is InChI=1S/C21H19N/c1-3-8-18(9-4-1)10-7-17-22-21-15-13-20(14-16-21)19-11-5-2-6-12-19/h1-16,22H,17H2. The van der Waals surface area contributed by atoms with E-state index in [0.717, 1.165) is 12.2 Å². The molecule has 1 N–H and O–H groups in total. The van der Waals surface area contributed by atoms with Gasteiger partial charge in [0.15, 0.2) is 0 Å². The Morgan fingerprint density at radius 2 is 1.23 bits per heavy atom. The van der Waals surface area contributed by atoms with Crippen molar-refractivity contribution >= 4 is 11.8 Å². The van der Waals surface area contributed by atoms with Gasteiger partial charge in [0, 0.05) is 12.2 Å². The number of rotatable bonds is 5. The molecule has 0 amide bonds. The minimum absolute atomic E-state index is 0.819. The molecule has 0 bridgehead atoms. The molecule has 3 aromatic rings. The molecule has 108 valence electrons. The van der Waals surface area contributed by atoms with Crippen LogP contribution < -0.4 is 5.32 Å². The van der Waals surface area contributed by atoms with E-state index < -0.39 is 0 Å². The summed E-state index contributed by atoms with van der Waals surface area (Å²) in [5, 5.41) is 3.41. The molecule has 0 aliphatic carbocycles. The number of hydrogen-bond donors (Lipinski definition) is 1. The SMILES string of the molecule is C(=Cc1ccccc1)CNc1ccc(-c2ccccc2)cc1. The molecule has 0 atom stereocenters. The normalized spacial score (nSPS) is 10.7. The fourth-order valence-corrected chi connectivity index (χ4v) is 2.35. The third kappa shape index (κ3) is 3.86. The van der Waals surface area contributed by atoms with E-state index in [9.17, 15) is 0 Å². The maximum atomic E-state index is 3.41. The topological polar surface area (TPSA) is 12.0 Å². The first-order valence-corrected chi connectivity index (χ1v) is 7.53. The quantitative estimate of drug-likeness (QED) is 0.654. The average Bonchev–Trinajstić information content (AvgIpc) is 2.61. The van der Waals surface area contributed by atoms with E-state index in [1.54, 1.807) is 0 Å². The van der Waals surface area contributed by atoms with Crippen molar-refractivity contribution in [3.05, 3.63) is 96.6 Å². The predicted molar refractivity (Wildman–Crippen MR) is 95.8 cm³/mol. The van der Waals surface area contributed by atoms with Crippen molar-refractivity contribution in [1.29, 1.82) is 0 Å². The molecule has 0 saturated carbocycles. The summed E-state index contributed by atoms with van der Waals surface area (Å²) in [6, 6.07) is 29.3. The Labute approximate surface area is 132 Å². The summed E-state index contributed by atoms with van der Waals surface area (Å²) in [6.45, 7) is 0.819. The summed E-state index contributed by atoms with van der Waals surface area (Å²) in [5.41, 5.74) is 4.85. The second-order valence-corrected chi connectivity index (χ2v) is 5.14. The highest BCUT2D eigenvalue weighted by Gasteiger charge is 1.96. The van der Waals surface area contributed by atoms with Gasteiger partial charge < -0.3 is 5.32 Å². The summed E-state index contributed by atoms with van der Waals surface area (Å²) in [6.07, 6.45) is 4.27. The van der Waals surface area contributed by atoms with Crippen LogP contribution >= 0.6 is 0 Å². The van der Waals surface area contributed by atoms with Crippen LogP contribution in [0, 0.1) is 0 Å². The lowest BCUT2D eigenvalue weighted by molar-refractivity contribution is 1.34. The number of anilines is 1. The van der Waals surface area contributed by atoms with Crippen molar-refractivity contribution in [2.45, 2.75) is 0 Å². The second-order valence-electron chi connectivity index (χ2n) is 5.14. The third-order valence-corrected chi connectivity index (χ3v) is 3.53. The van der Waals surface area contributed by atoms with Crippen LogP contribution in [0.4, 0.5) is 5.69 Å². The zero-order valence-corrected chi connectivity index (χ0v) is 12.4. The Kier molecular flexibility index (Phi) is 4.68. The van der Waals surface area contributed by atoms with Crippen molar-refractivity contribution in [2.75, 3.05) is 11.9 Å². The molecule has 3 rings (SSSR count). The lowest BCUT2D eigenvalue weighted by Gasteiger charge is -2.06. The van der Waals surface area contributed by atoms with E-state index in [1.165, 1.54) is 16.7 Å². The van der Waals surface area contributed by atoms with Crippen LogP contribution in [0.1, 0.15) is 5.56 Å². The molecule has 0 saturated heterocycles. The first-order chi connectivity index (χ1) is 10.9. The molecule has 0 fully saturated rings. The van der Waals surface area contributed by atoms with Gasteiger partial charge in [-0.2, -0.15) is 0 Å². The molecule has 0 aliphatic heterocycles. The minimum atomic E-state index is 0.819. The van der Waals surface area contributed by atoms with Gasteiger partial charge in [-0.25, -0.2) is 0 Å². The van der Waals surface area contributed by atoms with E-state index in [-0.39, 0.29) is 0 Å². The summed E-state index contributed by atoms with van der Waals surface area (Å²) in [5.74, 6) is 0. The van der Waals surface area contributed by atoms with E-state index in [2.05, 4.69) is 90.3 Å². The molecular formula is C21H19N. The summed E-state index contributed by atoms with van der Waals surface area (Å²) in [4.78, 5) is 0. The van der Waals surface area contributed by atoms with Gasteiger partial charge in [-0.05, 0) is 28.8 Å². The highest BCUT2D eigenvalue weighted by Crippen LogP contribution is 2.20. The summed E-state index contributed by atoms with van der Waals surface area (Å²) < 4.78 is 0. The summed E-state index contributed by atoms with van der Waals surface area (Å²) >= 11 is 0. The first-order valence-electron chi connectivity index (χ1n) is 7.53. The van der Waals surface area contributed by atoms with Crippen LogP contribution in [0.5, 0.6) is 0 Å². The van der Waals surface area contributed by atoms with Gasteiger partial charge in [-0.3, -0.25) is 0 Å². The maximum Gasteiger partial charge on any atom is 0.0343 e. The minimum Gasteiger partial charge on any atom is -0.382 e. The highest BCUT2D eigenvalue weighted by atomic mass is 14.8. The fourth-order valence-electron chi connectivity index (χ4n) is 2.35. The molecule has 1 heteroatoms. The van der Waals surface area contributed by atoms with Gasteiger partial charge in [-0.15, -0.1) is 0 Å². The molecule has 3 aromatic carbocycles. The highest BCUT2D eigenvalue weighted by molar-refractivity contribution is 5.66. The van der Waals surface area contributed by atoms with Gasteiger partial charge >= 0.3 is 0 Å². The van der Waals surface area contributed by atoms with Crippen LogP contribution in [0.25, 0.3) is 17.2 Å². The number of nitrogens with one attached hydrogen (secondary N) is 1. The first kappa shape index (κ1) is 14.2. The predicted octanol–water partition coefficient (Wildman–Crippen LogP) is 5.48. The van der Waals surface area contributed by atoms with E-state index in [0.29, 0.717) is 0 Å². The van der Waals surface area contributed by atoms with Crippen LogP contribution in [-0.2, 0) is 0 Å². The number of hydrogen-bond acceptors (Lipinski definition) is 1. The van der Waals surface area contributed by atoms with Gasteiger partial charge in [-0.1, -0.05) is 84.9 Å². The monoisotopic (exact) mass is 285 g/mol. The summed E-state index contributed by atoms with van der Waals surface area (Å²) in [7, 11) is 0. The fraction of sp³-hybridized carbons (Fsp3) is 0.0476. The largest absolute Gasteiger partial charge is 0.382 e. The van der Waals surface area contributed by atoms with E-state index >= 15 is 0 Å². The second kappa shape index (κ2) is 7.28. The Hall–Kier alpha value is -2.80. The molecular weight excluding hydrogens is 266 g/mol. The van der Waals surface area contributed by atoms with Crippen LogP contribution in [-0.4, -0.2) is 6.54 Å². The zero-order valence-electron chi connectivity index (χ0n) is 12.4. The molecule has 22 heavy (non-hydrogen) atoms. The Morgan fingerprint density at radius 1 is 0.636 bits per heavy atom. The molecule has 0 radical (unpaired) electrons. The third-order valence-electron chi connectivity index (χ3n) is 3.53. The lowest BCUT2D eigenvalue weighted by Crippen LogP contribution is -1.97. The van der Waals surface area contributed by atoms with Crippen LogP contribution in [0.15, 0.2) is 91.0 Å². The molecule has 1 nitrogen and oxygen atoms in total.